The van der Waals surface area contributed by atoms with Crippen LogP contribution in [0, 0.1) is 11.3 Å². The molecule has 1 atom stereocenters. The summed E-state index contributed by atoms with van der Waals surface area (Å²) in [4.78, 5) is 39.2. The monoisotopic (exact) mass is 602 g/mol. The highest BCUT2D eigenvalue weighted by molar-refractivity contribution is 5.92. The van der Waals surface area contributed by atoms with Crippen LogP contribution in [0.15, 0.2) is 71.9 Å². The summed E-state index contributed by atoms with van der Waals surface area (Å²) in [6.45, 7) is 2.04. The molecule has 6 rings (SSSR count). The van der Waals surface area contributed by atoms with Crippen LogP contribution < -0.4 is 20.1 Å². The number of amides is 1. The molecule has 11 nitrogen and oxygen atoms in total. The highest BCUT2D eigenvalue weighted by Crippen LogP contribution is 2.42. The molecule has 1 N–H and O–H groups in total. The quantitative estimate of drug-likeness (QED) is 0.352. The molecule has 3 aromatic heterocycles. The molecule has 0 unspecified atom stereocenters. The Morgan fingerprint density at radius 3 is 2.59 bits per heavy atom. The Bertz CT molecular complexity index is 1780. The zero-order valence-electron chi connectivity index (χ0n) is 23.2. The molecule has 0 radical (unpaired) electrons. The number of halogens is 3. The zero-order valence-corrected chi connectivity index (χ0v) is 23.2. The standard InChI is InChI=1S/C30H25F3N8O3/c31-30(32,33)27-24(16-37-38-28(27)42)41-17-20-3-1-2-4-22(20)25(41)18-44-21-7-8-35-23(13-21)29(43)40-11-9-39(10-12-40)26-6-5-19(14-34)15-36-26/h1-8,13,15-16,25H,9-12,17-18H2,(H,38,42)/t25-/m0/s1. The SMILES string of the molecule is N#Cc1ccc(N2CCN(C(=O)c3cc(OC[C@H]4c5ccccc5CN4c4cn[nH]c(=O)c4C(F)(F)F)ccn3)CC2)nc1. The predicted octanol–water partition coefficient (Wildman–Crippen LogP) is 3.55. The second-order valence-electron chi connectivity index (χ2n) is 10.3. The van der Waals surface area contributed by atoms with Gasteiger partial charge in [-0.2, -0.15) is 23.5 Å². The molecular weight excluding hydrogens is 577 g/mol. The number of carbonyl (C=O) groups is 1. The Balaban J connectivity index is 1.16. The summed E-state index contributed by atoms with van der Waals surface area (Å²) in [6, 6.07) is 15.2. The Kier molecular flexibility index (Phi) is 7.60. The second-order valence-corrected chi connectivity index (χ2v) is 10.3. The summed E-state index contributed by atoms with van der Waals surface area (Å²) in [5, 5.41) is 14.5. The van der Waals surface area contributed by atoms with Crippen LogP contribution in [0.4, 0.5) is 24.7 Å². The van der Waals surface area contributed by atoms with Gasteiger partial charge in [0.2, 0.25) is 0 Å². The van der Waals surface area contributed by atoms with Crippen molar-refractivity contribution in [3.8, 4) is 11.8 Å². The Morgan fingerprint density at radius 2 is 1.86 bits per heavy atom. The van der Waals surface area contributed by atoms with E-state index in [4.69, 9.17) is 10.00 Å². The van der Waals surface area contributed by atoms with Crippen LogP contribution >= 0.6 is 0 Å². The van der Waals surface area contributed by atoms with Crippen molar-refractivity contribution in [3.63, 3.8) is 0 Å². The van der Waals surface area contributed by atoms with E-state index in [0.717, 1.165) is 23.1 Å². The number of nitrogens with one attached hydrogen (secondary N) is 1. The number of aromatic nitrogens is 4. The van der Waals surface area contributed by atoms with Crippen LogP contribution in [0.3, 0.4) is 0 Å². The summed E-state index contributed by atoms with van der Waals surface area (Å²) in [7, 11) is 0. The molecule has 1 amide bonds. The van der Waals surface area contributed by atoms with E-state index in [0.29, 0.717) is 37.5 Å². The predicted molar refractivity (Wildman–Crippen MR) is 152 cm³/mol. The summed E-state index contributed by atoms with van der Waals surface area (Å²) in [5.41, 5.74) is -0.773. The Hall–Kier alpha value is -5.45. The molecule has 1 aromatic carbocycles. The lowest BCUT2D eigenvalue weighted by molar-refractivity contribution is -0.138. The number of anilines is 2. The molecule has 1 fully saturated rings. The minimum Gasteiger partial charge on any atom is -0.491 e. The van der Waals surface area contributed by atoms with E-state index in [1.54, 1.807) is 35.2 Å². The molecule has 0 bridgehead atoms. The molecular formula is C30H25F3N8O3. The number of piperazine rings is 1. The van der Waals surface area contributed by atoms with E-state index in [1.165, 1.54) is 23.4 Å². The van der Waals surface area contributed by atoms with Gasteiger partial charge in [-0.05, 0) is 29.3 Å². The molecule has 14 heteroatoms. The van der Waals surface area contributed by atoms with Crippen molar-refractivity contribution in [2.45, 2.75) is 18.8 Å². The first-order valence-electron chi connectivity index (χ1n) is 13.7. The van der Waals surface area contributed by atoms with Crippen LogP contribution in [-0.2, 0) is 12.7 Å². The number of ether oxygens (including phenoxy) is 1. The van der Waals surface area contributed by atoms with Crippen LogP contribution in [0.25, 0.3) is 0 Å². The molecule has 0 saturated carbocycles. The number of carbonyl (C=O) groups excluding carboxylic acids is 1. The molecule has 44 heavy (non-hydrogen) atoms. The normalized spacial score (nSPS) is 16.4. The maximum absolute atomic E-state index is 13.9. The minimum atomic E-state index is -4.89. The Labute approximate surface area is 249 Å². The van der Waals surface area contributed by atoms with Gasteiger partial charge in [-0.1, -0.05) is 24.3 Å². The lowest BCUT2D eigenvalue weighted by atomic mass is 10.1. The third-order valence-electron chi connectivity index (χ3n) is 7.69. The smallest absolute Gasteiger partial charge is 0.423 e. The maximum Gasteiger partial charge on any atom is 0.423 e. The highest BCUT2D eigenvalue weighted by atomic mass is 19.4. The zero-order chi connectivity index (χ0) is 30.8. The van der Waals surface area contributed by atoms with Gasteiger partial charge in [0.15, 0.2) is 0 Å². The molecule has 2 aliphatic heterocycles. The summed E-state index contributed by atoms with van der Waals surface area (Å²) >= 11 is 0. The number of benzene rings is 1. The first-order chi connectivity index (χ1) is 21.2. The summed E-state index contributed by atoms with van der Waals surface area (Å²) in [6.07, 6.45) is -0.931. The van der Waals surface area contributed by atoms with Crippen LogP contribution in [0.1, 0.15) is 38.8 Å². The number of fused-ring (bicyclic) bond motifs is 1. The van der Waals surface area contributed by atoms with E-state index in [9.17, 15) is 22.8 Å². The van der Waals surface area contributed by atoms with Gasteiger partial charge in [0.1, 0.15) is 35.5 Å². The van der Waals surface area contributed by atoms with Crippen LogP contribution in [0.5, 0.6) is 5.75 Å². The average Bonchev–Trinajstić information content (AvgIpc) is 3.41. The van der Waals surface area contributed by atoms with Gasteiger partial charge < -0.3 is 19.4 Å². The molecule has 0 spiro atoms. The van der Waals surface area contributed by atoms with Crippen molar-refractivity contribution in [2.24, 2.45) is 0 Å². The molecule has 2 aliphatic rings. The first-order valence-corrected chi connectivity index (χ1v) is 13.7. The van der Waals surface area contributed by atoms with Crippen molar-refractivity contribution < 1.29 is 22.7 Å². The van der Waals surface area contributed by atoms with E-state index in [-0.39, 0.29) is 30.4 Å². The highest BCUT2D eigenvalue weighted by Gasteiger charge is 2.42. The number of rotatable bonds is 6. The topological polar surface area (TPSA) is 131 Å². The fraction of sp³-hybridized carbons (Fsp3) is 0.267. The summed E-state index contributed by atoms with van der Waals surface area (Å²) < 4.78 is 47.8. The van der Waals surface area contributed by atoms with Crippen molar-refractivity contribution in [3.05, 3.63) is 105 Å². The average molecular weight is 603 g/mol. The van der Waals surface area contributed by atoms with E-state index < -0.39 is 23.3 Å². The number of nitrogens with zero attached hydrogens (tertiary/aromatic N) is 7. The van der Waals surface area contributed by atoms with E-state index in [2.05, 4.69) is 15.1 Å². The van der Waals surface area contributed by atoms with Crippen molar-refractivity contribution in [1.82, 2.24) is 25.1 Å². The number of hydrogen-bond acceptors (Lipinski definition) is 9. The van der Waals surface area contributed by atoms with Gasteiger partial charge in [0, 0.05) is 51.2 Å². The molecule has 4 aromatic rings. The maximum atomic E-state index is 13.9. The number of hydrogen-bond donors (Lipinski definition) is 1. The molecule has 0 aliphatic carbocycles. The minimum absolute atomic E-state index is 0.0605. The van der Waals surface area contributed by atoms with Gasteiger partial charge in [-0.25, -0.2) is 10.1 Å². The van der Waals surface area contributed by atoms with Crippen LogP contribution in [0.2, 0.25) is 0 Å². The van der Waals surface area contributed by atoms with Gasteiger partial charge in [-0.3, -0.25) is 14.6 Å². The van der Waals surface area contributed by atoms with Crippen molar-refractivity contribution >= 4 is 17.4 Å². The van der Waals surface area contributed by atoms with Gasteiger partial charge in [0.25, 0.3) is 11.5 Å². The van der Waals surface area contributed by atoms with E-state index in [1.807, 2.05) is 28.2 Å². The Morgan fingerprint density at radius 1 is 1.07 bits per heavy atom. The van der Waals surface area contributed by atoms with Gasteiger partial charge in [-0.15, -0.1) is 0 Å². The fourth-order valence-electron chi connectivity index (χ4n) is 5.51. The fourth-order valence-corrected chi connectivity index (χ4v) is 5.51. The van der Waals surface area contributed by atoms with Crippen LogP contribution in [-0.4, -0.2) is 63.8 Å². The van der Waals surface area contributed by atoms with E-state index >= 15 is 0 Å². The number of aromatic amines is 1. The first kappa shape index (κ1) is 28.7. The van der Waals surface area contributed by atoms with Crippen molar-refractivity contribution in [2.75, 3.05) is 42.6 Å². The molecule has 5 heterocycles. The summed E-state index contributed by atoms with van der Waals surface area (Å²) in [5.74, 6) is 0.777. The largest absolute Gasteiger partial charge is 0.491 e. The van der Waals surface area contributed by atoms with Gasteiger partial charge in [0.05, 0.1) is 23.5 Å². The van der Waals surface area contributed by atoms with Gasteiger partial charge >= 0.3 is 6.18 Å². The third-order valence-corrected chi connectivity index (χ3v) is 7.69. The third kappa shape index (κ3) is 5.63. The lowest BCUT2D eigenvalue weighted by Crippen LogP contribution is -2.49. The molecule has 1 saturated heterocycles. The lowest BCUT2D eigenvalue weighted by Gasteiger charge is -2.35. The number of nitriles is 1. The number of H-pyrrole nitrogens is 1. The number of pyridine rings is 2. The second kappa shape index (κ2) is 11.7. The van der Waals surface area contributed by atoms with Crippen molar-refractivity contribution in [1.29, 1.82) is 5.26 Å². The number of alkyl halides is 3. The molecule has 224 valence electrons.